The van der Waals surface area contributed by atoms with Crippen LogP contribution >= 0.6 is 0 Å². The molecule has 4 rings (SSSR count). The Kier molecular flexibility index (Phi) is 6.70. The van der Waals surface area contributed by atoms with E-state index < -0.39 is 17.8 Å². The van der Waals surface area contributed by atoms with E-state index in [9.17, 15) is 14.7 Å². The van der Waals surface area contributed by atoms with Gasteiger partial charge in [0.1, 0.15) is 5.92 Å². The quantitative estimate of drug-likeness (QED) is 0.375. The number of hydrogen-bond donors (Lipinski definition) is 3. The molecule has 2 atom stereocenters. The van der Waals surface area contributed by atoms with E-state index in [1.54, 1.807) is 36.7 Å². The molecule has 6 heteroatoms. The van der Waals surface area contributed by atoms with Crippen molar-refractivity contribution in [1.29, 1.82) is 0 Å². The van der Waals surface area contributed by atoms with Gasteiger partial charge in [0.25, 0.3) is 0 Å². The number of aromatic nitrogens is 1. The minimum absolute atomic E-state index is 0.127. The third kappa shape index (κ3) is 4.97. The van der Waals surface area contributed by atoms with Gasteiger partial charge >= 0.3 is 5.97 Å². The first-order valence-electron chi connectivity index (χ1n) is 11.1. The normalized spacial score (nSPS) is 12.8. The number of pyridine rings is 1. The molecule has 6 nitrogen and oxygen atoms in total. The fraction of sp³-hybridized carbons (Fsp3) is 0.179. The highest BCUT2D eigenvalue weighted by atomic mass is 16.4. The molecule has 4 N–H and O–H groups in total. The number of carboxylic acids is 1. The molecule has 0 bridgehead atoms. The van der Waals surface area contributed by atoms with Crippen LogP contribution in [0, 0.1) is 13.8 Å². The Morgan fingerprint density at radius 3 is 2.21 bits per heavy atom. The van der Waals surface area contributed by atoms with Crippen molar-refractivity contribution in [3.63, 3.8) is 0 Å². The first-order valence-corrected chi connectivity index (χ1v) is 11.1. The maximum absolute atomic E-state index is 13.0. The highest BCUT2D eigenvalue weighted by molar-refractivity contribution is 5.98. The smallest absolute Gasteiger partial charge is 0.315 e. The number of nitrogens with one attached hydrogen (secondary N) is 1. The van der Waals surface area contributed by atoms with Crippen LogP contribution < -0.4 is 11.1 Å². The SMILES string of the molecule is Cc1cc(C)cc(C(C(=O)O)c2ccc(C(CN)C(=O)Nc3ccc4cnccc4c3)cc2)c1. The Bertz CT molecular complexity index is 1330. The minimum Gasteiger partial charge on any atom is -0.481 e. The minimum atomic E-state index is -0.919. The highest BCUT2D eigenvalue weighted by Crippen LogP contribution is 2.29. The number of fused-ring (bicyclic) bond motifs is 1. The average Bonchev–Trinajstić information content (AvgIpc) is 2.80. The van der Waals surface area contributed by atoms with Crippen molar-refractivity contribution in [2.45, 2.75) is 25.7 Å². The maximum atomic E-state index is 13.0. The van der Waals surface area contributed by atoms with Gasteiger partial charge in [-0.25, -0.2) is 0 Å². The topological polar surface area (TPSA) is 105 Å². The van der Waals surface area contributed by atoms with Crippen LogP contribution in [0.3, 0.4) is 0 Å². The van der Waals surface area contributed by atoms with Crippen LogP contribution in [0.25, 0.3) is 10.8 Å². The van der Waals surface area contributed by atoms with Crippen molar-refractivity contribution in [3.05, 3.63) is 107 Å². The van der Waals surface area contributed by atoms with Gasteiger partial charge in [0.05, 0.1) is 5.92 Å². The predicted molar refractivity (Wildman–Crippen MR) is 134 cm³/mol. The van der Waals surface area contributed by atoms with Crippen molar-refractivity contribution in [3.8, 4) is 0 Å². The summed E-state index contributed by atoms with van der Waals surface area (Å²) in [5.41, 5.74) is 10.8. The molecule has 4 aromatic rings. The van der Waals surface area contributed by atoms with Crippen LogP contribution in [-0.2, 0) is 9.59 Å². The third-order valence-electron chi connectivity index (χ3n) is 5.96. The fourth-order valence-corrected chi connectivity index (χ4v) is 4.36. The summed E-state index contributed by atoms with van der Waals surface area (Å²) in [6.07, 6.45) is 3.48. The summed E-state index contributed by atoms with van der Waals surface area (Å²) in [6, 6.07) is 20.5. The summed E-state index contributed by atoms with van der Waals surface area (Å²) in [4.78, 5) is 29.2. The van der Waals surface area contributed by atoms with E-state index in [1.807, 2.05) is 56.3 Å². The van der Waals surface area contributed by atoms with Gasteiger partial charge in [-0.3, -0.25) is 14.6 Å². The van der Waals surface area contributed by atoms with Crippen LogP contribution in [-0.4, -0.2) is 28.5 Å². The lowest BCUT2D eigenvalue weighted by molar-refractivity contribution is -0.137. The molecule has 3 aromatic carbocycles. The van der Waals surface area contributed by atoms with Crippen LogP contribution in [0.15, 0.2) is 79.1 Å². The number of aryl methyl sites for hydroxylation is 2. The van der Waals surface area contributed by atoms with Crippen LogP contribution in [0.2, 0.25) is 0 Å². The molecule has 2 unspecified atom stereocenters. The van der Waals surface area contributed by atoms with Crippen molar-refractivity contribution < 1.29 is 14.7 Å². The number of anilines is 1. The number of amides is 1. The van der Waals surface area contributed by atoms with E-state index in [4.69, 9.17) is 5.73 Å². The molecule has 1 aromatic heterocycles. The number of benzene rings is 3. The fourth-order valence-electron chi connectivity index (χ4n) is 4.36. The number of carboxylic acid groups (broad SMARTS) is 1. The van der Waals surface area contributed by atoms with Crippen LogP contribution in [0.5, 0.6) is 0 Å². The zero-order valence-corrected chi connectivity index (χ0v) is 19.2. The van der Waals surface area contributed by atoms with Crippen LogP contribution in [0.4, 0.5) is 5.69 Å². The molecule has 0 saturated carbocycles. The zero-order valence-electron chi connectivity index (χ0n) is 19.2. The van der Waals surface area contributed by atoms with E-state index >= 15 is 0 Å². The lowest BCUT2D eigenvalue weighted by Crippen LogP contribution is -2.27. The number of rotatable bonds is 7. The number of carbonyl (C=O) groups excluding carboxylic acids is 1. The molecular weight excluding hydrogens is 426 g/mol. The highest BCUT2D eigenvalue weighted by Gasteiger charge is 2.24. The van der Waals surface area contributed by atoms with E-state index in [0.29, 0.717) is 11.3 Å². The van der Waals surface area contributed by atoms with Crippen molar-refractivity contribution >= 4 is 28.3 Å². The molecule has 34 heavy (non-hydrogen) atoms. The van der Waals surface area contributed by atoms with E-state index in [2.05, 4.69) is 10.3 Å². The average molecular weight is 454 g/mol. The summed E-state index contributed by atoms with van der Waals surface area (Å²) in [5, 5.41) is 14.8. The molecule has 0 radical (unpaired) electrons. The molecule has 0 spiro atoms. The predicted octanol–water partition coefficient (Wildman–Crippen LogP) is 4.75. The number of aliphatic carboxylic acids is 1. The van der Waals surface area contributed by atoms with Gasteiger partial charge in [0, 0.05) is 30.0 Å². The largest absolute Gasteiger partial charge is 0.481 e. The van der Waals surface area contributed by atoms with Crippen molar-refractivity contribution in [2.75, 3.05) is 11.9 Å². The Morgan fingerprint density at radius 2 is 1.56 bits per heavy atom. The Balaban J connectivity index is 1.56. The summed E-state index contributed by atoms with van der Waals surface area (Å²) in [6.45, 7) is 4.03. The molecule has 0 saturated heterocycles. The van der Waals surface area contributed by atoms with E-state index in [0.717, 1.165) is 33.0 Å². The summed E-state index contributed by atoms with van der Waals surface area (Å²) in [5.74, 6) is -2.48. The standard InChI is InChI=1S/C28H27N3O3/c1-17-11-18(2)13-23(12-17)26(28(33)34)20-5-3-19(4-6-20)25(15-29)27(32)31-24-8-7-22-16-30-10-9-21(22)14-24/h3-14,16,25-26H,15,29H2,1-2H3,(H,31,32)(H,33,34). The molecule has 0 aliphatic rings. The summed E-state index contributed by atoms with van der Waals surface area (Å²) < 4.78 is 0. The van der Waals surface area contributed by atoms with Gasteiger partial charge in [-0.15, -0.1) is 0 Å². The zero-order chi connectivity index (χ0) is 24.2. The molecule has 0 aliphatic carbocycles. The number of hydrogen-bond acceptors (Lipinski definition) is 4. The van der Waals surface area contributed by atoms with Gasteiger partial charge in [0.15, 0.2) is 0 Å². The molecule has 0 fully saturated rings. The number of nitrogens with zero attached hydrogens (tertiary/aromatic N) is 1. The third-order valence-corrected chi connectivity index (χ3v) is 5.96. The van der Waals surface area contributed by atoms with Crippen LogP contribution in [0.1, 0.15) is 39.7 Å². The number of nitrogens with two attached hydrogens (primary N) is 1. The summed E-state index contributed by atoms with van der Waals surface area (Å²) >= 11 is 0. The van der Waals surface area contributed by atoms with Crippen molar-refractivity contribution in [1.82, 2.24) is 4.98 Å². The monoisotopic (exact) mass is 453 g/mol. The summed E-state index contributed by atoms with van der Waals surface area (Å²) in [7, 11) is 0. The van der Waals surface area contributed by atoms with Gasteiger partial charge in [-0.05, 0) is 54.1 Å². The molecule has 172 valence electrons. The second-order valence-corrected chi connectivity index (χ2v) is 8.57. The molecule has 0 aliphatic heterocycles. The van der Waals surface area contributed by atoms with E-state index in [1.165, 1.54) is 0 Å². The Hall–Kier alpha value is -4.03. The second-order valence-electron chi connectivity index (χ2n) is 8.57. The van der Waals surface area contributed by atoms with Crippen molar-refractivity contribution in [2.24, 2.45) is 5.73 Å². The Labute approximate surface area is 198 Å². The van der Waals surface area contributed by atoms with Gasteiger partial charge < -0.3 is 16.2 Å². The van der Waals surface area contributed by atoms with Gasteiger partial charge in [-0.1, -0.05) is 59.7 Å². The molecule has 1 amide bonds. The van der Waals surface area contributed by atoms with Gasteiger partial charge in [-0.2, -0.15) is 0 Å². The first kappa shape index (κ1) is 23.1. The first-order chi connectivity index (χ1) is 16.4. The molecule has 1 heterocycles. The maximum Gasteiger partial charge on any atom is 0.315 e. The van der Waals surface area contributed by atoms with Gasteiger partial charge in [0.2, 0.25) is 5.91 Å². The lowest BCUT2D eigenvalue weighted by Gasteiger charge is -2.18. The Morgan fingerprint density at radius 1 is 0.882 bits per heavy atom. The lowest BCUT2D eigenvalue weighted by atomic mass is 9.87. The molecular formula is C28H27N3O3. The van der Waals surface area contributed by atoms with E-state index in [-0.39, 0.29) is 12.5 Å². The second kappa shape index (κ2) is 9.85. The number of carbonyl (C=O) groups is 2.